The highest BCUT2D eigenvalue weighted by Gasteiger charge is 2.23. The van der Waals surface area contributed by atoms with Gasteiger partial charge in [-0.05, 0) is 78.7 Å². The molecule has 1 fully saturated rings. The number of aliphatic hydroxyl groups excluding tert-OH is 1. The molecule has 1 N–H and O–H groups in total. The summed E-state index contributed by atoms with van der Waals surface area (Å²) in [6.07, 6.45) is 1.79. The van der Waals surface area contributed by atoms with Gasteiger partial charge in [-0.3, -0.25) is 0 Å². The van der Waals surface area contributed by atoms with Gasteiger partial charge in [0.25, 0.3) is 0 Å². The summed E-state index contributed by atoms with van der Waals surface area (Å²) in [7, 11) is 0. The number of nitrogens with zero attached hydrogens (tertiary/aromatic N) is 1. The Morgan fingerprint density at radius 3 is 2.24 bits per heavy atom. The summed E-state index contributed by atoms with van der Waals surface area (Å²) in [5.41, 5.74) is 5.89. The molecule has 0 radical (unpaired) electrons. The molecule has 0 saturated carbocycles. The van der Waals surface area contributed by atoms with Crippen LogP contribution in [0.5, 0.6) is 0 Å². The predicted molar refractivity (Wildman–Crippen MR) is 116 cm³/mol. The molecule has 150 valence electrons. The van der Waals surface area contributed by atoms with E-state index in [0.29, 0.717) is 12.5 Å². The van der Waals surface area contributed by atoms with E-state index in [1.54, 1.807) is 0 Å². The molecule has 0 bridgehead atoms. The van der Waals surface area contributed by atoms with Gasteiger partial charge in [0.15, 0.2) is 0 Å². The maximum Gasteiger partial charge on any atom is 0.123 e. The van der Waals surface area contributed by atoms with E-state index in [2.05, 4.69) is 30.0 Å². The van der Waals surface area contributed by atoms with Gasteiger partial charge in [0, 0.05) is 6.54 Å². The maximum absolute atomic E-state index is 13.2. The van der Waals surface area contributed by atoms with E-state index >= 15 is 0 Å². The molecule has 3 aromatic carbocycles. The topological polar surface area (TPSA) is 23.5 Å². The Morgan fingerprint density at radius 2 is 1.59 bits per heavy atom. The molecule has 1 heterocycles. The van der Waals surface area contributed by atoms with Crippen molar-refractivity contribution in [3.8, 4) is 11.1 Å². The van der Waals surface area contributed by atoms with Gasteiger partial charge >= 0.3 is 0 Å². The third-order valence-corrected chi connectivity index (χ3v) is 6.09. The third kappa shape index (κ3) is 4.75. The van der Waals surface area contributed by atoms with Crippen molar-refractivity contribution < 1.29 is 9.50 Å². The monoisotopic (exact) mass is 389 g/mol. The Morgan fingerprint density at radius 1 is 0.931 bits per heavy atom. The number of rotatable bonds is 5. The van der Waals surface area contributed by atoms with Crippen molar-refractivity contribution in [3.05, 3.63) is 95.3 Å². The van der Waals surface area contributed by atoms with Crippen molar-refractivity contribution >= 4 is 0 Å². The van der Waals surface area contributed by atoms with Crippen LogP contribution in [-0.2, 0) is 0 Å². The Labute approximate surface area is 172 Å². The summed E-state index contributed by atoms with van der Waals surface area (Å²) in [5.74, 6) is 0.355. The van der Waals surface area contributed by atoms with Crippen molar-refractivity contribution in [2.45, 2.75) is 31.8 Å². The smallest absolute Gasteiger partial charge is 0.123 e. The first kappa shape index (κ1) is 19.8. The second-order valence-corrected chi connectivity index (χ2v) is 8.08. The third-order valence-electron chi connectivity index (χ3n) is 6.09. The van der Waals surface area contributed by atoms with E-state index in [1.807, 2.05) is 42.5 Å². The van der Waals surface area contributed by atoms with Crippen LogP contribution in [0.2, 0.25) is 0 Å². The number of benzene rings is 3. The van der Waals surface area contributed by atoms with Gasteiger partial charge in [-0.25, -0.2) is 4.39 Å². The molecule has 0 spiro atoms. The number of likely N-dealkylation sites (tertiary alicyclic amines) is 1. The van der Waals surface area contributed by atoms with Crippen LogP contribution in [0.15, 0.2) is 72.8 Å². The average molecular weight is 390 g/mol. The van der Waals surface area contributed by atoms with E-state index in [1.165, 1.54) is 23.3 Å². The lowest BCUT2D eigenvalue weighted by atomic mass is 9.85. The molecule has 1 aliphatic heterocycles. The summed E-state index contributed by atoms with van der Waals surface area (Å²) in [4.78, 5) is 2.37. The first-order valence-corrected chi connectivity index (χ1v) is 10.4. The van der Waals surface area contributed by atoms with Gasteiger partial charge in [-0.2, -0.15) is 0 Å². The minimum Gasteiger partial charge on any atom is -0.387 e. The van der Waals surface area contributed by atoms with Crippen LogP contribution < -0.4 is 0 Å². The molecule has 1 saturated heterocycles. The lowest BCUT2D eigenvalue weighted by Crippen LogP contribution is -2.36. The second kappa shape index (κ2) is 8.89. The van der Waals surface area contributed by atoms with Crippen molar-refractivity contribution in [2.24, 2.45) is 0 Å². The SMILES string of the molecule is Cc1cc(-c2ccc(F)cc2)ccc1C1CCN(CC(O)c2ccccc2)CC1. The Kier molecular flexibility index (Phi) is 6.08. The molecule has 0 aliphatic carbocycles. The lowest BCUT2D eigenvalue weighted by molar-refractivity contribution is 0.0972. The molecule has 29 heavy (non-hydrogen) atoms. The van der Waals surface area contributed by atoms with E-state index < -0.39 is 6.10 Å². The van der Waals surface area contributed by atoms with E-state index in [0.717, 1.165) is 42.6 Å². The largest absolute Gasteiger partial charge is 0.387 e. The minimum absolute atomic E-state index is 0.203. The van der Waals surface area contributed by atoms with Crippen LogP contribution in [0, 0.1) is 12.7 Å². The van der Waals surface area contributed by atoms with Crippen molar-refractivity contribution in [3.63, 3.8) is 0 Å². The van der Waals surface area contributed by atoms with Crippen LogP contribution in [-0.4, -0.2) is 29.6 Å². The lowest BCUT2D eigenvalue weighted by Gasteiger charge is -2.34. The summed E-state index contributed by atoms with van der Waals surface area (Å²) in [5, 5.41) is 10.5. The summed E-state index contributed by atoms with van der Waals surface area (Å²) < 4.78 is 13.2. The van der Waals surface area contributed by atoms with E-state index in [9.17, 15) is 9.50 Å². The number of halogens is 1. The molecule has 3 aromatic rings. The average Bonchev–Trinajstić information content (AvgIpc) is 2.75. The fourth-order valence-corrected chi connectivity index (χ4v) is 4.41. The zero-order chi connectivity index (χ0) is 20.2. The van der Waals surface area contributed by atoms with Crippen molar-refractivity contribution in [1.82, 2.24) is 4.90 Å². The fraction of sp³-hybridized carbons (Fsp3) is 0.308. The quantitative estimate of drug-likeness (QED) is 0.604. The molecular weight excluding hydrogens is 361 g/mol. The Bertz CT molecular complexity index is 931. The van der Waals surface area contributed by atoms with Gasteiger partial charge in [-0.15, -0.1) is 0 Å². The predicted octanol–water partition coefficient (Wildman–Crippen LogP) is 5.71. The zero-order valence-electron chi connectivity index (χ0n) is 16.9. The van der Waals surface area contributed by atoms with Gasteiger partial charge in [0.2, 0.25) is 0 Å². The number of hydrogen-bond acceptors (Lipinski definition) is 2. The molecule has 3 heteroatoms. The van der Waals surface area contributed by atoms with Crippen molar-refractivity contribution in [2.75, 3.05) is 19.6 Å². The molecule has 1 unspecified atom stereocenters. The van der Waals surface area contributed by atoms with Gasteiger partial charge < -0.3 is 10.0 Å². The number of β-amino-alcohol motifs (C(OH)–C–C–N with tert-alkyl or cyclic N) is 1. The van der Waals surface area contributed by atoms with Gasteiger partial charge in [-0.1, -0.05) is 60.7 Å². The molecule has 0 amide bonds. The van der Waals surface area contributed by atoms with Crippen LogP contribution in [0.3, 0.4) is 0 Å². The summed E-state index contributed by atoms with van der Waals surface area (Å²) in [6, 6.07) is 23.2. The standard InChI is InChI=1S/C26H28FNO/c1-19-17-23(20-7-10-24(27)11-8-20)9-12-25(19)21-13-15-28(16-14-21)18-26(29)22-5-3-2-4-6-22/h2-12,17,21,26,29H,13-16,18H2,1H3. The highest BCUT2D eigenvalue weighted by atomic mass is 19.1. The summed E-state index contributed by atoms with van der Waals surface area (Å²) >= 11 is 0. The number of aryl methyl sites for hydroxylation is 1. The first-order valence-electron chi connectivity index (χ1n) is 10.4. The highest BCUT2D eigenvalue weighted by Crippen LogP contribution is 2.33. The number of aliphatic hydroxyl groups is 1. The maximum atomic E-state index is 13.2. The molecule has 1 aliphatic rings. The van der Waals surface area contributed by atoms with Crippen LogP contribution in [0.25, 0.3) is 11.1 Å². The highest BCUT2D eigenvalue weighted by molar-refractivity contribution is 5.65. The fourth-order valence-electron chi connectivity index (χ4n) is 4.41. The first-order chi connectivity index (χ1) is 14.1. The Balaban J connectivity index is 1.37. The molecule has 0 aromatic heterocycles. The molecule has 1 atom stereocenters. The number of hydrogen-bond donors (Lipinski definition) is 1. The molecule has 2 nitrogen and oxygen atoms in total. The van der Waals surface area contributed by atoms with E-state index in [4.69, 9.17) is 0 Å². The van der Waals surface area contributed by atoms with Gasteiger partial charge in [0.1, 0.15) is 5.82 Å². The number of piperidine rings is 1. The van der Waals surface area contributed by atoms with E-state index in [-0.39, 0.29) is 5.82 Å². The zero-order valence-corrected chi connectivity index (χ0v) is 16.9. The molecule has 4 rings (SSSR count). The van der Waals surface area contributed by atoms with Crippen LogP contribution >= 0.6 is 0 Å². The van der Waals surface area contributed by atoms with Crippen molar-refractivity contribution in [1.29, 1.82) is 0 Å². The Hall–Kier alpha value is -2.49. The normalized spacial score (nSPS) is 16.7. The summed E-state index contributed by atoms with van der Waals surface area (Å²) in [6.45, 7) is 4.88. The van der Waals surface area contributed by atoms with Crippen LogP contribution in [0.1, 0.15) is 41.6 Å². The minimum atomic E-state index is -0.426. The van der Waals surface area contributed by atoms with Gasteiger partial charge in [0.05, 0.1) is 6.10 Å². The molecular formula is C26H28FNO. The van der Waals surface area contributed by atoms with Crippen LogP contribution in [0.4, 0.5) is 4.39 Å². The second-order valence-electron chi connectivity index (χ2n) is 8.08.